The van der Waals surface area contributed by atoms with Crippen molar-refractivity contribution in [2.75, 3.05) is 19.8 Å². The molecule has 3 N–H and O–H groups in total. The Morgan fingerprint density at radius 2 is 1.07 bits per heavy atom. The molecule has 3 nitrogen and oxygen atoms in total. The van der Waals surface area contributed by atoms with Crippen LogP contribution in [-0.2, 0) is 26.2 Å². The van der Waals surface area contributed by atoms with E-state index in [1.807, 2.05) is 0 Å². The Morgan fingerprint density at radius 3 is 1.21 bits per heavy atom. The molecule has 0 fully saturated rings. The molecule has 0 aromatic heterocycles. The first-order valence-corrected chi connectivity index (χ1v) is 10.5. The van der Waals surface area contributed by atoms with Gasteiger partial charge < -0.3 is 22.2 Å². The number of aliphatic hydroxyl groups is 3. The number of hydrogen-bond donors (Lipinski definition) is 3. The second-order valence-corrected chi connectivity index (χ2v) is 6.53. The van der Waals surface area contributed by atoms with Crippen molar-refractivity contribution >= 4 is 0 Å². The first kappa shape index (κ1) is 32.4. The zero-order valence-corrected chi connectivity index (χ0v) is 20.8. The van der Waals surface area contributed by atoms with Crippen molar-refractivity contribution in [2.45, 2.75) is 72.1 Å². The van der Waals surface area contributed by atoms with Gasteiger partial charge in [-0.05, 0) is 32.1 Å². The molecule has 0 radical (unpaired) electrons. The van der Waals surface area contributed by atoms with Crippen molar-refractivity contribution in [3.05, 3.63) is 54.5 Å². The van der Waals surface area contributed by atoms with Crippen LogP contribution in [0.25, 0.3) is 0 Å². The van der Waals surface area contributed by atoms with E-state index >= 15 is 0 Å². The van der Waals surface area contributed by atoms with Gasteiger partial charge in [-0.2, -0.15) is 0 Å². The summed E-state index contributed by atoms with van der Waals surface area (Å²) in [4.78, 5) is 0. The van der Waals surface area contributed by atoms with Crippen molar-refractivity contribution < 1.29 is 41.5 Å². The Bertz CT molecular complexity index is 375. The van der Waals surface area contributed by atoms with E-state index in [1.54, 1.807) is 0 Å². The fraction of sp³-hybridized carbons (Fsp3) is 0.625. The van der Waals surface area contributed by atoms with Crippen molar-refractivity contribution in [1.29, 1.82) is 0 Å². The molecule has 28 heavy (non-hydrogen) atoms. The Hall–Kier alpha value is -0.277. The molecule has 0 atom stereocenters. The van der Waals surface area contributed by atoms with E-state index in [1.165, 1.54) is 11.1 Å². The summed E-state index contributed by atoms with van der Waals surface area (Å²) in [5.74, 6) is 0.398. The average molecular weight is 471 g/mol. The summed E-state index contributed by atoms with van der Waals surface area (Å²) in [6.45, 7) is 11.4. The number of rotatable bonds is 8. The van der Waals surface area contributed by atoms with Gasteiger partial charge in [0, 0.05) is 46.0 Å². The summed E-state index contributed by atoms with van der Waals surface area (Å²) in [6.07, 6.45) is 21.3. The third-order valence-corrected chi connectivity index (χ3v) is 4.03. The Morgan fingerprint density at radius 1 is 0.750 bits per heavy atom. The van der Waals surface area contributed by atoms with E-state index in [2.05, 4.69) is 64.2 Å². The number of unbranched alkanes of at least 4 members (excludes halogenated alkanes) is 3. The average Bonchev–Trinajstić information content (AvgIpc) is 3.39. The molecular weight excluding hydrogens is 427 g/mol. The second kappa shape index (κ2) is 26.7. The van der Waals surface area contributed by atoms with E-state index in [9.17, 15) is 0 Å². The maximum atomic E-state index is 8.07. The van der Waals surface area contributed by atoms with Gasteiger partial charge in [-0.25, -0.2) is 0 Å². The molecule has 0 unspecified atom stereocenters. The van der Waals surface area contributed by atoms with Crippen LogP contribution >= 0.6 is 0 Å². The monoisotopic (exact) mass is 469 g/mol. The van der Waals surface area contributed by atoms with Crippen molar-refractivity contribution in [2.24, 2.45) is 5.92 Å². The largest absolute Gasteiger partial charge is 0.396 e. The fourth-order valence-electron chi connectivity index (χ4n) is 2.16. The summed E-state index contributed by atoms with van der Waals surface area (Å²) >= 11 is 0. The van der Waals surface area contributed by atoms with Crippen LogP contribution in [0.3, 0.4) is 0 Å². The van der Waals surface area contributed by atoms with Crippen LogP contribution in [-0.4, -0.2) is 35.1 Å². The molecule has 0 saturated heterocycles. The predicted octanol–water partition coefficient (Wildman–Crippen LogP) is 5.54. The van der Waals surface area contributed by atoms with Gasteiger partial charge in [-0.1, -0.05) is 87.6 Å². The topological polar surface area (TPSA) is 60.7 Å². The third-order valence-electron chi connectivity index (χ3n) is 4.03. The molecule has 0 saturated carbocycles. The minimum Gasteiger partial charge on any atom is -0.396 e. The van der Waals surface area contributed by atoms with Gasteiger partial charge in [0.1, 0.15) is 0 Å². The molecule has 0 heterocycles. The summed E-state index contributed by atoms with van der Waals surface area (Å²) in [7, 11) is 0. The van der Waals surface area contributed by atoms with Gasteiger partial charge >= 0.3 is 0 Å². The molecule has 2 aliphatic carbocycles. The molecule has 0 spiro atoms. The molecule has 0 aromatic carbocycles. The van der Waals surface area contributed by atoms with Gasteiger partial charge in [0.15, 0.2) is 0 Å². The Balaban J connectivity index is -0.000000334. The van der Waals surface area contributed by atoms with Crippen LogP contribution in [0.15, 0.2) is 47.6 Å². The maximum Gasteiger partial charge on any atom is 0.0430 e. The van der Waals surface area contributed by atoms with Crippen LogP contribution in [0.5, 0.6) is 0 Å². The predicted molar refractivity (Wildman–Crippen MR) is 119 cm³/mol. The van der Waals surface area contributed by atoms with Gasteiger partial charge in [0.2, 0.25) is 0 Å². The number of allylic oxidation sites excluding steroid dienone is 8. The third kappa shape index (κ3) is 20.5. The zero-order chi connectivity index (χ0) is 20.8. The molecular formula is C24H43O3Zr-. The standard InChI is InChI=1S/C12H13.3C4H10O.Zr/c1-10(11-6-2-3-7-11)12-8-4-5-9-12;3*1-2-3-4-5;/h2-6,8,10H,1,7,9H2;3*5H,2-4H2,1H3;/q-1;;;;. The first-order chi connectivity index (χ1) is 13.1. The molecule has 0 amide bonds. The minimum atomic E-state index is 0. The smallest absolute Gasteiger partial charge is 0.0430 e. The van der Waals surface area contributed by atoms with E-state index in [0.717, 1.165) is 51.4 Å². The summed E-state index contributed by atoms with van der Waals surface area (Å²) < 4.78 is 0. The van der Waals surface area contributed by atoms with Gasteiger partial charge in [-0.3, -0.25) is 0 Å². The Kier molecular flexibility index (Phi) is 30.9. The van der Waals surface area contributed by atoms with Crippen molar-refractivity contribution in [3.63, 3.8) is 0 Å². The number of aliphatic hydroxyl groups excluding tert-OH is 3. The van der Waals surface area contributed by atoms with Crippen LogP contribution in [0, 0.1) is 12.8 Å². The van der Waals surface area contributed by atoms with E-state index in [-0.39, 0.29) is 26.2 Å². The Labute approximate surface area is 193 Å². The SMILES string of the molecule is CCCCO.CCCCO.CCCCO.[CH2-]C(C1=CC=CC1)C1=CC=CC1.[Zr]. The molecule has 162 valence electrons. The van der Waals surface area contributed by atoms with Crippen LogP contribution in [0.1, 0.15) is 72.1 Å². The molecule has 0 aliphatic heterocycles. The summed E-state index contributed by atoms with van der Waals surface area (Å²) in [6, 6.07) is 0. The van der Waals surface area contributed by atoms with E-state index in [0.29, 0.717) is 25.7 Å². The molecule has 0 bridgehead atoms. The van der Waals surface area contributed by atoms with Gasteiger partial charge in [0.25, 0.3) is 0 Å². The van der Waals surface area contributed by atoms with Gasteiger partial charge in [-0.15, -0.1) is 5.92 Å². The summed E-state index contributed by atoms with van der Waals surface area (Å²) in [5.41, 5.74) is 2.90. The quantitative estimate of drug-likeness (QED) is 0.408. The maximum absolute atomic E-state index is 8.07. The van der Waals surface area contributed by atoms with Crippen LogP contribution in [0.4, 0.5) is 0 Å². The van der Waals surface area contributed by atoms with Crippen LogP contribution in [0.2, 0.25) is 0 Å². The van der Waals surface area contributed by atoms with E-state index in [4.69, 9.17) is 15.3 Å². The second-order valence-electron chi connectivity index (χ2n) is 6.53. The van der Waals surface area contributed by atoms with Crippen molar-refractivity contribution in [1.82, 2.24) is 0 Å². The normalized spacial score (nSPS) is 13.3. The minimum absolute atomic E-state index is 0. The van der Waals surface area contributed by atoms with Crippen molar-refractivity contribution in [3.8, 4) is 0 Å². The molecule has 4 heteroatoms. The van der Waals surface area contributed by atoms with Gasteiger partial charge in [0.05, 0.1) is 0 Å². The zero-order valence-electron chi connectivity index (χ0n) is 18.4. The summed E-state index contributed by atoms with van der Waals surface area (Å²) in [5, 5.41) is 24.2. The molecule has 2 aliphatic rings. The fourth-order valence-corrected chi connectivity index (χ4v) is 2.16. The van der Waals surface area contributed by atoms with Crippen LogP contribution < -0.4 is 0 Å². The molecule has 0 aromatic rings. The molecule has 2 rings (SSSR count). The first-order valence-electron chi connectivity index (χ1n) is 10.5. The number of hydrogen-bond acceptors (Lipinski definition) is 3. The van der Waals surface area contributed by atoms with E-state index < -0.39 is 0 Å².